The Morgan fingerprint density at radius 2 is 2.14 bits per heavy atom. The summed E-state index contributed by atoms with van der Waals surface area (Å²) in [6, 6.07) is 4.63. The van der Waals surface area contributed by atoms with Gasteiger partial charge in [-0.25, -0.2) is 4.79 Å². The van der Waals surface area contributed by atoms with Crippen LogP contribution in [0.1, 0.15) is 10.5 Å². The number of aromatic carboxylic acids is 1. The summed E-state index contributed by atoms with van der Waals surface area (Å²) in [6.45, 7) is 0. The number of fused-ring (bicyclic) bond motifs is 1. The first-order valence-electron chi connectivity index (χ1n) is 3.83. The predicted molar refractivity (Wildman–Crippen MR) is 54.6 cm³/mol. The lowest BCUT2D eigenvalue weighted by molar-refractivity contribution is 0.0690. The molecular weight excluding hydrogens is 250 g/mol. The Morgan fingerprint density at radius 3 is 2.79 bits per heavy atom. The summed E-state index contributed by atoms with van der Waals surface area (Å²) in [7, 11) is 0. The van der Waals surface area contributed by atoms with Gasteiger partial charge in [0.25, 0.3) is 0 Å². The SMILES string of the molecule is O=C(O)c1[nH]c2ccc(O)cc2c1Br. The van der Waals surface area contributed by atoms with E-state index in [0.717, 1.165) is 0 Å². The molecule has 72 valence electrons. The molecule has 0 amide bonds. The molecule has 0 aliphatic carbocycles. The molecule has 0 atom stereocenters. The monoisotopic (exact) mass is 255 g/mol. The summed E-state index contributed by atoms with van der Waals surface area (Å²) in [5.41, 5.74) is 0.762. The molecule has 0 spiro atoms. The number of H-pyrrole nitrogens is 1. The van der Waals surface area contributed by atoms with Gasteiger partial charge in [-0.2, -0.15) is 0 Å². The topological polar surface area (TPSA) is 73.3 Å². The third-order valence-electron chi connectivity index (χ3n) is 1.93. The third-order valence-corrected chi connectivity index (χ3v) is 2.76. The van der Waals surface area contributed by atoms with Gasteiger partial charge in [-0.3, -0.25) is 0 Å². The van der Waals surface area contributed by atoms with Gasteiger partial charge in [0.1, 0.15) is 11.4 Å². The van der Waals surface area contributed by atoms with Gasteiger partial charge in [0.05, 0.1) is 4.47 Å². The number of nitrogens with one attached hydrogen (secondary N) is 1. The molecule has 0 unspecified atom stereocenters. The fraction of sp³-hybridized carbons (Fsp3) is 0. The number of aromatic amines is 1. The van der Waals surface area contributed by atoms with Crippen molar-refractivity contribution >= 4 is 32.8 Å². The lowest BCUT2D eigenvalue weighted by atomic mass is 10.2. The van der Waals surface area contributed by atoms with Crippen molar-refractivity contribution in [2.24, 2.45) is 0 Å². The van der Waals surface area contributed by atoms with Crippen LogP contribution in [0.5, 0.6) is 5.75 Å². The van der Waals surface area contributed by atoms with Gasteiger partial charge in [-0.15, -0.1) is 0 Å². The molecule has 3 N–H and O–H groups in total. The Kier molecular flexibility index (Phi) is 1.96. The van der Waals surface area contributed by atoms with E-state index in [-0.39, 0.29) is 11.4 Å². The van der Waals surface area contributed by atoms with Crippen molar-refractivity contribution in [2.45, 2.75) is 0 Å². The number of phenols is 1. The third kappa shape index (κ3) is 1.26. The smallest absolute Gasteiger partial charge is 0.353 e. The average Bonchev–Trinajstić information content (AvgIpc) is 2.44. The van der Waals surface area contributed by atoms with Crippen LogP contribution in [0, 0.1) is 0 Å². The van der Waals surface area contributed by atoms with Gasteiger partial charge < -0.3 is 15.2 Å². The molecule has 0 saturated heterocycles. The van der Waals surface area contributed by atoms with Crippen LogP contribution in [0.25, 0.3) is 10.9 Å². The fourth-order valence-corrected chi connectivity index (χ4v) is 1.89. The first-order chi connectivity index (χ1) is 6.59. The number of halogens is 1. The molecule has 0 radical (unpaired) electrons. The van der Waals surface area contributed by atoms with Crippen molar-refractivity contribution in [3.63, 3.8) is 0 Å². The molecule has 0 aliphatic heterocycles. The van der Waals surface area contributed by atoms with Crippen molar-refractivity contribution in [1.29, 1.82) is 0 Å². The number of rotatable bonds is 1. The standard InChI is InChI=1S/C9H6BrNO3/c10-7-5-3-4(12)1-2-6(5)11-8(7)9(13)14/h1-3,11-12H,(H,13,14). The highest BCUT2D eigenvalue weighted by molar-refractivity contribution is 9.10. The number of phenolic OH excluding ortho intramolecular Hbond substituents is 1. The quantitative estimate of drug-likeness (QED) is 0.733. The van der Waals surface area contributed by atoms with Crippen molar-refractivity contribution in [3.05, 3.63) is 28.4 Å². The zero-order chi connectivity index (χ0) is 10.3. The van der Waals surface area contributed by atoms with Crippen LogP contribution in [-0.4, -0.2) is 21.2 Å². The van der Waals surface area contributed by atoms with Crippen molar-refractivity contribution in [3.8, 4) is 5.75 Å². The highest BCUT2D eigenvalue weighted by Crippen LogP contribution is 2.30. The average molecular weight is 256 g/mol. The maximum absolute atomic E-state index is 10.8. The number of carboxylic acids is 1. The molecular formula is C9H6BrNO3. The Balaban J connectivity index is 2.80. The van der Waals surface area contributed by atoms with E-state index >= 15 is 0 Å². The molecule has 14 heavy (non-hydrogen) atoms. The Labute approximate surface area is 87.3 Å². The van der Waals surface area contributed by atoms with Crippen LogP contribution in [0.3, 0.4) is 0 Å². The lowest BCUT2D eigenvalue weighted by Crippen LogP contribution is -1.96. The number of carboxylic acid groups (broad SMARTS) is 1. The lowest BCUT2D eigenvalue weighted by Gasteiger charge is -1.91. The molecule has 0 aliphatic rings. The van der Waals surface area contributed by atoms with Crippen LogP contribution in [0.15, 0.2) is 22.7 Å². The van der Waals surface area contributed by atoms with E-state index in [1.165, 1.54) is 12.1 Å². The van der Waals surface area contributed by atoms with E-state index in [4.69, 9.17) is 5.11 Å². The number of carbonyl (C=O) groups is 1. The van der Waals surface area contributed by atoms with E-state index < -0.39 is 5.97 Å². The summed E-state index contributed by atoms with van der Waals surface area (Å²) in [6.07, 6.45) is 0. The van der Waals surface area contributed by atoms with Crippen LogP contribution in [0.4, 0.5) is 0 Å². The number of hydrogen-bond donors (Lipinski definition) is 3. The zero-order valence-electron chi connectivity index (χ0n) is 6.91. The molecule has 1 aromatic heterocycles. The van der Waals surface area contributed by atoms with Crippen LogP contribution in [0.2, 0.25) is 0 Å². The van der Waals surface area contributed by atoms with E-state index in [1.807, 2.05) is 0 Å². The molecule has 0 fully saturated rings. The van der Waals surface area contributed by atoms with Crippen molar-refractivity contribution in [2.75, 3.05) is 0 Å². The molecule has 4 nitrogen and oxygen atoms in total. The van der Waals surface area contributed by atoms with Gasteiger partial charge >= 0.3 is 5.97 Å². The Morgan fingerprint density at radius 1 is 1.43 bits per heavy atom. The highest BCUT2D eigenvalue weighted by atomic mass is 79.9. The predicted octanol–water partition coefficient (Wildman–Crippen LogP) is 2.33. The summed E-state index contributed by atoms with van der Waals surface area (Å²) in [5.74, 6) is -0.929. The molecule has 0 bridgehead atoms. The second kappa shape index (κ2) is 3.02. The summed E-state index contributed by atoms with van der Waals surface area (Å²) >= 11 is 3.16. The van der Waals surface area contributed by atoms with Gasteiger partial charge in [0, 0.05) is 10.9 Å². The maximum Gasteiger partial charge on any atom is 0.353 e. The zero-order valence-corrected chi connectivity index (χ0v) is 8.50. The number of aromatic nitrogens is 1. The van der Waals surface area contributed by atoms with E-state index in [0.29, 0.717) is 15.4 Å². The Bertz CT molecular complexity index is 518. The summed E-state index contributed by atoms with van der Waals surface area (Å²) in [4.78, 5) is 13.5. The molecule has 2 aromatic rings. The number of hydrogen-bond acceptors (Lipinski definition) is 2. The van der Waals surface area contributed by atoms with Crippen LogP contribution < -0.4 is 0 Å². The van der Waals surface area contributed by atoms with Gasteiger partial charge in [-0.1, -0.05) is 0 Å². The maximum atomic E-state index is 10.8. The Hall–Kier alpha value is -1.49. The number of aromatic hydroxyl groups is 1. The van der Waals surface area contributed by atoms with Gasteiger partial charge in [-0.05, 0) is 34.1 Å². The van der Waals surface area contributed by atoms with E-state index in [1.54, 1.807) is 6.07 Å². The number of benzene rings is 1. The van der Waals surface area contributed by atoms with Gasteiger partial charge in [0.2, 0.25) is 0 Å². The van der Waals surface area contributed by atoms with E-state index in [9.17, 15) is 9.90 Å². The minimum atomic E-state index is -1.03. The molecule has 1 aromatic carbocycles. The second-order valence-electron chi connectivity index (χ2n) is 2.85. The minimum absolute atomic E-state index is 0.0885. The summed E-state index contributed by atoms with van der Waals surface area (Å²) in [5, 5.41) is 18.7. The first kappa shape index (κ1) is 9.08. The molecule has 2 rings (SSSR count). The highest BCUT2D eigenvalue weighted by Gasteiger charge is 2.14. The summed E-state index contributed by atoms with van der Waals surface area (Å²) < 4.78 is 0.455. The van der Waals surface area contributed by atoms with Crippen LogP contribution in [-0.2, 0) is 0 Å². The van der Waals surface area contributed by atoms with E-state index in [2.05, 4.69) is 20.9 Å². The van der Waals surface area contributed by atoms with Gasteiger partial charge in [0.15, 0.2) is 0 Å². The minimum Gasteiger partial charge on any atom is -0.508 e. The van der Waals surface area contributed by atoms with Crippen molar-refractivity contribution in [1.82, 2.24) is 4.98 Å². The molecule has 0 saturated carbocycles. The first-order valence-corrected chi connectivity index (χ1v) is 4.62. The normalized spacial score (nSPS) is 10.6. The second-order valence-corrected chi connectivity index (χ2v) is 3.64. The van der Waals surface area contributed by atoms with Crippen molar-refractivity contribution < 1.29 is 15.0 Å². The molecule has 5 heteroatoms. The fourth-order valence-electron chi connectivity index (χ4n) is 1.29. The largest absolute Gasteiger partial charge is 0.508 e. The van der Waals surface area contributed by atoms with Crippen LogP contribution >= 0.6 is 15.9 Å². The molecule has 1 heterocycles.